The Morgan fingerprint density at radius 2 is 2.11 bits per heavy atom. The quantitative estimate of drug-likeness (QED) is 0.862. The summed E-state index contributed by atoms with van der Waals surface area (Å²) in [6, 6.07) is 11.9. The molecule has 28 heavy (non-hydrogen) atoms. The zero-order chi connectivity index (χ0) is 19.5. The van der Waals surface area contributed by atoms with Crippen molar-refractivity contribution >= 4 is 6.03 Å². The maximum Gasteiger partial charge on any atom is 0.317 e. The molecule has 1 atom stereocenters. The molecule has 6 heteroatoms. The molecule has 2 aliphatic heterocycles. The van der Waals surface area contributed by atoms with Crippen molar-refractivity contribution in [1.29, 1.82) is 0 Å². The number of hydrogen-bond donors (Lipinski definition) is 1. The molecule has 2 aromatic rings. The molecule has 0 bridgehead atoms. The van der Waals surface area contributed by atoms with E-state index in [1.54, 1.807) is 14.2 Å². The second-order valence-electron chi connectivity index (χ2n) is 7.24. The number of nitrogens with one attached hydrogen (secondary N) is 1. The van der Waals surface area contributed by atoms with Crippen LogP contribution in [-0.2, 0) is 13.0 Å². The predicted octanol–water partition coefficient (Wildman–Crippen LogP) is 3.34. The normalized spacial score (nSPS) is 17.8. The van der Waals surface area contributed by atoms with Crippen molar-refractivity contribution in [2.45, 2.75) is 25.3 Å². The number of methoxy groups -OCH3 is 2. The largest absolute Gasteiger partial charge is 0.497 e. The number of likely N-dealkylation sites (tertiary alicyclic amines) is 1. The van der Waals surface area contributed by atoms with Crippen LogP contribution in [0.15, 0.2) is 36.4 Å². The van der Waals surface area contributed by atoms with E-state index in [1.807, 2.05) is 35.2 Å². The number of urea groups is 1. The van der Waals surface area contributed by atoms with Crippen molar-refractivity contribution in [3.63, 3.8) is 0 Å². The molecule has 1 fully saturated rings. The molecule has 0 saturated carbocycles. The summed E-state index contributed by atoms with van der Waals surface area (Å²) in [7, 11) is 3.33. The van der Waals surface area contributed by atoms with Gasteiger partial charge in [-0.25, -0.2) is 4.79 Å². The van der Waals surface area contributed by atoms with E-state index in [1.165, 1.54) is 5.56 Å². The molecule has 0 radical (unpaired) electrons. The molecule has 2 aliphatic rings. The fourth-order valence-electron chi connectivity index (χ4n) is 4.00. The van der Waals surface area contributed by atoms with Gasteiger partial charge in [0.05, 0.1) is 20.8 Å². The third-order valence-corrected chi connectivity index (χ3v) is 5.55. The molecule has 0 aliphatic carbocycles. The lowest BCUT2D eigenvalue weighted by Gasteiger charge is -2.19. The Labute approximate surface area is 165 Å². The SMILES string of the molecule is COc1ccc(OC)c([C@H]2CCN(C(=O)NCc3ccc4c(c3)CCO4)C2)c1. The van der Waals surface area contributed by atoms with Gasteiger partial charge in [0.25, 0.3) is 0 Å². The van der Waals surface area contributed by atoms with Crippen molar-refractivity contribution < 1.29 is 19.0 Å². The second-order valence-corrected chi connectivity index (χ2v) is 7.24. The van der Waals surface area contributed by atoms with Crippen LogP contribution in [0.3, 0.4) is 0 Å². The Kier molecular flexibility index (Phi) is 5.28. The Morgan fingerprint density at radius 3 is 2.93 bits per heavy atom. The van der Waals surface area contributed by atoms with Crippen LogP contribution in [0.2, 0.25) is 0 Å². The summed E-state index contributed by atoms with van der Waals surface area (Å²) < 4.78 is 16.4. The van der Waals surface area contributed by atoms with E-state index in [0.29, 0.717) is 13.1 Å². The van der Waals surface area contributed by atoms with Crippen LogP contribution in [0.1, 0.15) is 29.0 Å². The number of nitrogens with zero attached hydrogens (tertiary/aromatic N) is 1. The number of carbonyl (C=O) groups is 1. The standard InChI is InChI=1S/C22H26N2O4/c1-26-18-4-6-21(27-2)19(12-18)17-7-9-24(14-17)22(25)23-13-15-3-5-20-16(11-15)8-10-28-20/h3-6,11-12,17H,7-10,13-14H2,1-2H3,(H,23,25)/t17-/m0/s1. The highest BCUT2D eigenvalue weighted by Gasteiger charge is 2.29. The van der Waals surface area contributed by atoms with E-state index in [9.17, 15) is 4.79 Å². The van der Waals surface area contributed by atoms with E-state index in [4.69, 9.17) is 14.2 Å². The van der Waals surface area contributed by atoms with Crippen molar-refractivity contribution in [3.8, 4) is 17.2 Å². The number of carbonyl (C=O) groups excluding carboxylic acids is 1. The number of hydrogen-bond acceptors (Lipinski definition) is 4. The molecule has 6 nitrogen and oxygen atoms in total. The number of amides is 2. The Balaban J connectivity index is 1.37. The van der Waals surface area contributed by atoms with E-state index in [-0.39, 0.29) is 11.9 Å². The minimum atomic E-state index is -0.0267. The summed E-state index contributed by atoms with van der Waals surface area (Å²) in [6.07, 6.45) is 1.85. The molecule has 2 amide bonds. The van der Waals surface area contributed by atoms with Crippen molar-refractivity contribution in [3.05, 3.63) is 53.1 Å². The van der Waals surface area contributed by atoms with E-state index in [0.717, 1.165) is 54.4 Å². The van der Waals surface area contributed by atoms with Gasteiger partial charge in [-0.2, -0.15) is 0 Å². The van der Waals surface area contributed by atoms with Gasteiger partial charge in [-0.05, 0) is 41.8 Å². The molecule has 4 rings (SSSR count). The molecule has 2 heterocycles. The van der Waals surface area contributed by atoms with Crippen LogP contribution < -0.4 is 19.5 Å². The van der Waals surface area contributed by atoms with Crippen LogP contribution in [-0.4, -0.2) is 44.8 Å². The van der Waals surface area contributed by atoms with Crippen LogP contribution >= 0.6 is 0 Å². The molecular weight excluding hydrogens is 356 g/mol. The van der Waals surface area contributed by atoms with Gasteiger partial charge in [0.1, 0.15) is 17.2 Å². The highest BCUT2D eigenvalue weighted by atomic mass is 16.5. The molecule has 1 N–H and O–H groups in total. The van der Waals surface area contributed by atoms with Gasteiger partial charge in [0, 0.05) is 37.5 Å². The van der Waals surface area contributed by atoms with E-state index in [2.05, 4.69) is 11.4 Å². The Bertz CT molecular complexity index is 868. The first-order valence-corrected chi connectivity index (χ1v) is 9.67. The van der Waals surface area contributed by atoms with Crippen molar-refractivity contribution in [1.82, 2.24) is 10.2 Å². The highest BCUT2D eigenvalue weighted by molar-refractivity contribution is 5.74. The number of ether oxygens (including phenoxy) is 3. The molecule has 2 aromatic carbocycles. The summed E-state index contributed by atoms with van der Waals surface area (Å²) in [6.45, 7) is 2.67. The molecule has 0 spiro atoms. The Hall–Kier alpha value is -2.89. The third-order valence-electron chi connectivity index (χ3n) is 5.55. The monoisotopic (exact) mass is 382 g/mol. The van der Waals surface area contributed by atoms with Crippen molar-refractivity contribution in [2.24, 2.45) is 0 Å². The minimum Gasteiger partial charge on any atom is -0.497 e. The fourth-order valence-corrected chi connectivity index (χ4v) is 4.00. The van der Waals surface area contributed by atoms with Gasteiger partial charge >= 0.3 is 6.03 Å². The van der Waals surface area contributed by atoms with Gasteiger partial charge in [-0.1, -0.05) is 12.1 Å². The summed E-state index contributed by atoms with van der Waals surface area (Å²) >= 11 is 0. The average molecular weight is 382 g/mol. The summed E-state index contributed by atoms with van der Waals surface area (Å²) in [5.41, 5.74) is 3.41. The van der Waals surface area contributed by atoms with Gasteiger partial charge in [0.2, 0.25) is 0 Å². The zero-order valence-corrected chi connectivity index (χ0v) is 16.4. The molecule has 148 valence electrons. The predicted molar refractivity (Wildman–Crippen MR) is 106 cm³/mol. The number of rotatable bonds is 5. The smallest absolute Gasteiger partial charge is 0.317 e. The van der Waals surface area contributed by atoms with E-state index < -0.39 is 0 Å². The lowest BCUT2D eigenvalue weighted by atomic mass is 9.97. The maximum atomic E-state index is 12.6. The van der Waals surface area contributed by atoms with E-state index >= 15 is 0 Å². The van der Waals surface area contributed by atoms with Gasteiger partial charge in [-0.3, -0.25) is 0 Å². The van der Waals surface area contributed by atoms with Gasteiger partial charge in [-0.15, -0.1) is 0 Å². The summed E-state index contributed by atoms with van der Waals surface area (Å²) in [4.78, 5) is 14.5. The molecular formula is C22H26N2O4. The minimum absolute atomic E-state index is 0.0267. The van der Waals surface area contributed by atoms with Crippen LogP contribution in [0.4, 0.5) is 4.79 Å². The molecule has 0 unspecified atom stereocenters. The lowest BCUT2D eigenvalue weighted by molar-refractivity contribution is 0.207. The van der Waals surface area contributed by atoms with Gasteiger partial charge in [0.15, 0.2) is 0 Å². The number of fused-ring (bicyclic) bond motifs is 1. The van der Waals surface area contributed by atoms with Crippen LogP contribution in [0.5, 0.6) is 17.2 Å². The molecule has 0 aromatic heterocycles. The molecule has 1 saturated heterocycles. The lowest BCUT2D eigenvalue weighted by Crippen LogP contribution is -2.38. The zero-order valence-electron chi connectivity index (χ0n) is 16.4. The topological polar surface area (TPSA) is 60.0 Å². The van der Waals surface area contributed by atoms with Crippen molar-refractivity contribution in [2.75, 3.05) is 33.9 Å². The fraction of sp³-hybridized carbons (Fsp3) is 0.409. The third kappa shape index (κ3) is 3.72. The Morgan fingerprint density at radius 1 is 1.21 bits per heavy atom. The first-order valence-electron chi connectivity index (χ1n) is 9.67. The maximum absolute atomic E-state index is 12.6. The number of benzene rings is 2. The van der Waals surface area contributed by atoms with Crippen LogP contribution in [0, 0.1) is 0 Å². The summed E-state index contributed by atoms with van der Waals surface area (Å²) in [5.74, 6) is 2.85. The highest BCUT2D eigenvalue weighted by Crippen LogP contribution is 2.36. The first-order chi connectivity index (χ1) is 13.7. The first kappa shape index (κ1) is 18.5. The second kappa shape index (κ2) is 8.00. The average Bonchev–Trinajstić information content (AvgIpc) is 3.40. The van der Waals surface area contributed by atoms with Crippen LogP contribution in [0.25, 0.3) is 0 Å². The van der Waals surface area contributed by atoms with Gasteiger partial charge < -0.3 is 24.4 Å². The summed E-state index contributed by atoms with van der Waals surface area (Å²) in [5, 5.41) is 3.05.